The third-order valence-electron chi connectivity index (χ3n) is 2.80. The molecule has 0 heterocycles. The van der Waals surface area contributed by atoms with Crippen LogP contribution in [0, 0.1) is 0 Å². The van der Waals surface area contributed by atoms with E-state index in [1.54, 1.807) is 7.11 Å². The molecule has 0 bridgehead atoms. The van der Waals surface area contributed by atoms with Crippen molar-refractivity contribution in [3.8, 4) is 0 Å². The summed E-state index contributed by atoms with van der Waals surface area (Å²) >= 11 is 0. The Hall–Kier alpha value is -0.120. The van der Waals surface area contributed by atoms with Crippen LogP contribution in [-0.2, 0) is 4.74 Å². The zero-order chi connectivity index (χ0) is 12.2. The number of hydrogen-bond acceptors (Lipinski definition) is 3. The summed E-state index contributed by atoms with van der Waals surface area (Å²) in [5, 5.41) is 3.54. The number of ether oxygens (including phenoxy) is 1. The van der Waals surface area contributed by atoms with Crippen molar-refractivity contribution in [2.75, 3.05) is 39.9 Å². The van der Waals surface area contributed by atoms with E-state index in [9.17, 15) is 0 Å². The van der Waals surface area contributed by atoms with E-state index in [1.807, 2.05) is 0 Å². The Morgan fingerprint density at radius 2 is 1.94 bits per heavy atom. The van der Waals surface area contributed by atoms with Crippen molar-refractivity contribution in [3.63, 3.8) is 0 Å². The highest BCUT2D eigenvalue weighted by atomic mass is 16.5. The molecular formula is C13H30N2O. The van der Waals surface area contributed by atoms with Gasteiger partial charge in [0.25, 0.3) is 0 Å². The number of nitrogens with zero attached hydrogens (tertiary/aromatic N) is 1. The molecule has 16 heavy (non-hydrogen) atoms. The number of nitrogens with one attached hydrogen (secondary N) is 1. The fourth-order valence-corrected chi connectivity index (χ4v) is 1.80. The highest BCUT2D eigenvalue weighted by Gasteiger charge is 2.11. The Bertz CT molecular complexity index is 142. The van der Waals surface area contributed by atoms with E-state index in [1.165, 1.54) is 25.8 Å². The largest absolute Gasteiger partial charge is 0.383 e. The summed E-state index contributed by atoms with van der Waals surface area (Å²) in [4.78, 5) is 2.51. The second kappa shape index (κ2) is 11.4. The molecule has 0 rings (SSSR count). The van der Waals surface area contributed by atoms with Gasteiger partial charge in [0.1, 0.15) is 0 Å². The molecule has 0 aromatic carbocycles. The lowest BCUT2D eigenvalue weighted by atomic mass is 10.2. The number of unbranched alkanes of at least 4 members (excludes halogenated alkanes) is 1. The molecule has 0 aliphatic heterocycles. The van der Waals surface area contributed by atoms with Crippen LogP contribution in [0.3, 0.4) is 0 Å². The Kier molecular flexibility index (Phi) is 11.3. The average Bonchev–Trinajstić information content (AvgIpc) is 2.31. The molecule has 0 spiro atoms. The van der Waals surface area contributed by atoms with Crippen molar-refractivity contribution in [2.45, 2.75) is 46.1 Å². The fourth-order valence-electron chi connectivity index (χ4n) is 1.80. The van der Waals surface area contributed by atoms with Gasteiger partial charge in [-0.3, -0.25) is 0 Å². The first kappa shape index (κ1) is 15.9. The third-order valence-corrected chi connectivity index (χ3v) is 2.80. The van der Waals surface area contributed by atoms with E-state index in [0.717, 1.165) is 26.2 Å². The van der Waals surface area contributed by atoms with Gasteiger partial charge in [-0.1, -0.05) is 27.2 Å². The highest BCUT2D eigenvalue weighted by Crippen LogP contribution is 1.98. The van der Waals surface area contributed by atoms with Gasteiger partial charge in [-0.15, -0.1) is 0 Å². The molecule has 1 atom stereocenters. The molecule has 0 amide bonds. The first-order chi connectivity index (χ1) is 7.78. The molecule has 0 fully saturated rings. The van der Waals surface area contributed by atoms with E-state index in [2.05, 4.69) is 31.0 Å². The molecule has 98 valence electrons. The van der Waals surface area contributed by atoms with Crippen molar-refractivity contribution >= 4 is 0 Å². The molecule has 0 radical (unpaired) electrons. The molecule has 1 unspecified atom stereocenters. The summed E-state index contributed by atoms with van der Waals surface area (Å²) in [7, 11) is 1.78. The second-order valence-corrected chi connectivity index (χ2v) is 4.35. The number of rotatable bonds is 11. The van der Waals surface area contributed by atoms with Crippen LogP contribution < -0.4 is 5.32 Å². The first-order valence-electron chi connectivity index (χ1n) is 6.73. The zero-order valence-corrected chi connectivity index (χ0v) is 11.6. The quantitative estimate of drug-likeness (QED) is 0.588. The molecule has 0 saturated carbocycles. The van der Waals surface area contributed by atoms with Crippen molar-refractivity contribution in [1.29, 1.82) is 0 Å². The first-order valence-corrected chi connectivity index (χ1v) is 6.73. The van der Waals surface area contributed by atoms with Gasteiger partial charge in [-0.25, -0.2) is 0 Å². The standard InChI is InChI=1S/C13H30N2O/c1-5-8-10-15(7-3)11-13(12-16-4)14-9-6-2/h13-14H,5-12H2,1-4H3. The maximum absolute atomic E-state index is 5.26. The van der Waals surface area contributed by atoms with Crippen LogP contribution in [0.15, 0.2) is 0 Å². The van der Waals surface area contributed by atoms with Crippen molar-refractivity contribution < 1.29 is 4.74 Å². The summed E-state index contributed by atoms with van der Waals surface area (Å²) < 4.78 is 5.26. The second-order valence-electron chi connectivity index (χ2n) is 4.35. The summed E-state index contributed by atoms with van der Waals surface area (Å²) in [6.45, 7) is 12.0. The lowest BCUT2D eigenvalue weighted by Crippen LogP contribution is -2.44. The lowest BCUT2D eigenvalue weighted by Gasteiger charge is -2.26. The molecule has 0 aliphatic rings. The lowest BCUT2D eigenvalue weighted by molar-refractivity contribution is 0.139. The summed E-state index contributed by atoms with van der Waals surface area (Å²) in [5.41, 5.74) is 0. The minimum absolute atomic E-state index is 0.474. The zero-order valence-electron chi connectivity index (χ0n) is 11.6. The van der Waals surface area contributed by atoms with Gasteiger partial charge in [0.15, 0.2) is 0 Å². The van der Waals surface area contributed by atoms with E-state index >= 15 is 0 Å². The van der Waals surface area contributed by atoms with E-state index in [0.29, 0.717) is 6.04 Å². The van der Waals surface area contributed by atoms with Crippen molar-refractivity contribution in [2.24, 2.45) is 0 Å². The Labute approximate surface area is 102 Å². The summed E-state index contributed by atoms with van der Waals surface area (Å²) in [6.07, 6.45) is 3.75. The maximum Gasteiger partial charge on any atom is 0.0628 e. The predicted molar refractivity (Wildman–Crippen MR) is 71.0 cm³/mol. The smallest absolute Gasteiger partial charge is 0.0628 e. The third kappa shape index (κ3) is 8.08. The van der Waals surface area contributed by atoms with Crippen LogP contribution in [0.1, 0.15) is 40.0 Å². The predicted octanol–water partition coefficient (Wildman–Crippen LogP) is 2.12. The molecule has 0 aromatic rings. The van der Waals surface area contributed by atoms with Crippen LogP contribution in [0.5, 0.6) is 0 Å². The normalized spacial score (nSPS) is 13.3. The molecular weight excluding hydrogens is 200 g/mol. The van der Waals surface area contributed by atoms with Crippen molar-refractivity contribution in [3.05, 3.63) is 0 Å². The van der Waals surface area contributed by atoms with Crippen LogP contribution in [-0.4, -0.2) is 50.8 Å². The van der Waals surface area contributed by atoms with Gasteiger partial charge in [-0.2, -0.15) is 0 Å². The molecule has 0 aliphatic carbocycles. The van der Waals surface area contributed by atoms with Gasteiger partial charge in [0, 0.05) is 19.7 Å². The number of methoxy groups -OCH3 is 1. The van der Waals surface area contributed by atoms with Gasteiger partial charge in [0.2, 0.25) is 0 Å². The van der Waals surface area contributed by atoms with Gasteiger partial charge >= 0.3 is 0 Å². The van der Waals surface area contributed by atoms with E-state index in [-0.39, 0.29) is 0 Å². The SMILES string of the molecule is CCCCN(CC)CC(COC)NCCC. The van der Waals surface area contributed by atoms with Crippen LogP contribution in [0.25, 0.3) is 0 Å². The monoisotopic (exact) mass is 230 g/mol. The molecule has 0 aromatic heterocycles. The minimum Gasteiger partial charge on any atom is -0.383 e. The van der Waals surface area contributed by atoms with Crippen molar-refractivity contribution in [1.82, 2.24) is 10.2 Å². The fraction of sp³-hybridized carbons (Fsp3) is 1.00. The van der Waals surface area contributed by atoms with E-state index in [4.69, 9.17) is 4.74 Å². The van der Waals surface area contributed by atoms with Gasteiger partial charge in [0.05, 0.1) is 6.61 Å². The Morgan fingerprint density at radius 1 is 1.19 bits per heavy atom. The van der Waals surface area contributed by atoms with Gasteiger partial charge in [-0.05, 0) is 32.5 Å². The molecule has 3 heteroatoms. The van der Waals surface area contributed by atoms with Gasteiger partial charge < -0.3 is 15.0 Å². The van der Waals surface area contributed by atoms with Crippen LogP contribution >= 0.6 is 0 Å². The molecule has 3 nitrogen and oxygen atoms in total. The molecule has 0 saturated heterocycles. The van der Waals surface area contributed by atoms with Crippen LogP contribution in [0.4, 0.5) is 0 Å². The number of likely N-dealkylation sites (N-methyl/N-ethyl adjacent to an activating group) is 1. The number of hydrogen-bond donors (Lipinski definition) is 1. The topological polar surface area (TPSA) is 24.5 Å². The van der Waals surface area contributed by atoms with E-state index < -0.39 is 0 Å². The highest BCUT2D eigenvalue weighted by molar-refractivity contribution is 4.71. The molecule has 1 N–H and O–H groups in total. The summed E-state index contributed by atoms with van der Waals surface area (Å²) in [5.74, 6) is 0. The Balaban J connectivity index is 3.90. The average molecular weight is 230 g/mol. The minimum atomic E-state index is 0.474. The van der Waals surface area contributed by atoms with Crippen LogP contribution in [0.2, 0.25) is 0 Å². The maximum atomic E-state index is 5.26. The Morgan fingerprint density at radius 3 is 2.44 bits per heavy atom. The summed E-state index contributed by atoms with van der Waals surface area (Å²) in [6, 6.07) is 0.474.